The minimum absolute atomic E-state index is 0.0347. The molecule has 1 saturated heterocycles. The number of carbonyl (C=O) groups excluding carboxylic acids is 1. The summed E-state index contributed by atoms with van der Waals surface area (Å²) in [4.78, 5) is 14.5. The van der Waals surface area contributed by atoms with Gasteiger partial charge in [-0.05, 0) is 55.2 Å². The Bertz CT molecular complexity index is 769. The summed E-state index contributed by atoms with van der Waals surface area (Å²) < 4.78 is 14.6. The Morgan fingerprint density at radius 1 is 1.19 bits per heavy atom. The summed E-state index contributed by atoms with van der Waals surface area (Å²) in [5, 5.41) is 16.3. The molecule has 138 valence electrons. The third kappa shape index (κ3) is 3.38. The topological polar surface area (TPSA) is 69.2 Å². The van der Waals surface area contributed by atoms with Gasteiger partial charge in [-0.1, -0.05) is 12.1 Å². The third-order valence-electron chi connectivity index (χ3n) is 5.83. The number of aromatic amines is 1. The van der Waals surface area contributed by atoms with Gasteiger partial charge in [0.15, 0.2) is 0 Å². The quantitative estimate of drug-likeness (QED) is 0.887. The molecule has 2 unspecified atom stereocenters. The van der Waals surface area contributed by atoms with E-state index >= 15 is 0 Å². The number of aromatic nitrogens is 2. The lowest BCUT2D eigenvalue weighted by Gasteiger charge is -2.34. The Labute approximate surface area is 152 Å². The Morgan fingerprint density at radius 2 is 2.00 bits per heavy atom. The first-order chi connectivity index (χ1) is 12.6. The smallest absolute Gasteiger partial charge is 0.225 e. The first kappa shape index (κ1) is 17.2. The predicted molar refractivity (Wildman–Crippen MR) is 95.9 cm³/mol. The van der Waals surface area contributed by atoms with Gasteiger partial charge in [-0.3, -0.25) is 9.89 Å². The zero-order chi connectivity index (χ0) is 18.1. The number of aliphatic hydroxyl groups excluding tert-OH is 1. The van der Waals surface area contributed by atoms with Crippen molar-refractivity contribution >= 4 is 5.91 Å². The largest absolute Gasteiger partial charge is 0.393 e. The number of halogens is 1. The summed E-state index contributed by atoms with van der Waals surface area (Å²) in [7, 11) is 0. The fourth-order valence-electron chi connectivity index (χ4n) is 4.30. The summed E-state index contributed by atoms with van der Waals surface area (Å²) in [6.07, 6.45) is 6.75. The summed E-state index contributed by atoms with van der Waals surface area (Å²) in [5.74, 6) is 0.0855. The molecule has 1 aliphatic carbocycles. The number of aliphatic hydroxyl groups is 1. The monoisotopic (exact) mass is 357 g/mol. The van der Waals surface area contributed by atoms with Gasteiger partial charge in [0.25, 0.3) is 0 Å². The molecule has 2 fully saturated rings. The highest BCUT2D eigenvalue weighted by atomic mass is 19.1. The van der Waals surface area contributed by atoms with Crippen LogP contribution < -0.4 is 0 Å². The summed E-state index contributed by atoms with van der Waals surface area (Å²) >= 11 is 0. The van der Waals surface area contributed by atoms with E-state index in [9.17, 15) is 14.3 Å². The van der Waals surface area contributed by atoms with Crippen LogP contribution in [-0.2, 0) is 4.79 Å². The zero-order valence-corrected chi connectivity index (χ0v) is 14.7. The van der Waals surface area contributed by atoms with Crippen molar-refractivity contribution in [2.45, 2.75) is 44.1 Å². The van der Waals surface area contributed by atoms with E-state index in [1.54, 1.807) is 18.5 Å². The van der Waals surface area contributed by atoms with Crippen LogP contribution in [0.5, 0.6) is 0 Å². The molecule has 2 N–H and O–H groups in total. The zero-order valence-electron chi connectivity index (χ0n) is 14.7. The molecule has 26 heavy (non-hydrogen) atoms. The Morgan fingerprint density at radius 3 is 2.62 bits per heavy atom. The third-order valence-corrected chi connectivity index (χ3v) is 5.83. The van der Waals surface area contributed by atoms with E-state index in [1.807, 2.05) is 17.0 Å². The molecule has 4 rings (SSSR count). The van der Waals surface area contributed by atoms with Gasteiger partial charge in [0, 0.05) is 30.8 Å². The van der Waals surface area contributed by atoms with E-state index in [0.717, 1.165) is 42.4 Å². The second-order valence-corrected chi connectivity index (χ2v) is 7.49. The highest BCUT2D eigenvalue weighted by Gasteiger charge is 2.33. The second kappa shape index (κ2) is 7.19. The molecular weight excluding hydrogens is 333 g/mol. The van der Waals surface area contributed by atoms with Crippen molar-refractivity contribution in [2.24, 2.45) is 5.92 Å². The Hall–Kier alpha value is -2.21. The number of piperidine rings is 1. The van der Waals surface area contributed by atoms with E-state index in [2.05, 4.69) is 10.2 Å². The molecule has 1 aromatic carbocycles. The van der Waals surface area contributed by atoms with E-state index in [0.29, 0.717) is 19.5 Å². The molecule has 2 aliphatic rings. The Kier molecular flexibility index (Phi) is 4.76. The van der Waals surface area contributed by atoms with Crippen LogP contribution in [0.3, 0.4) is 0 Å². The molecular formula is C20H24FN3O2. The van der Waals surface area contributed by atoms with Gasteiger partial charge in [0.1, 0.15) is 5.82 Å². The van der Waals surface area contributed by atoms with Gasteiger partial charge in [0.05, 0.1) is 12.3 Å². The first-order valence-corrected chi connectivity index (χ1v) is 9.37. The second-order valence-electron chi connectivity index (χ2n) is 7.49. The molecule has 1 saturated carbocycles. The molecule has 1 amide bonds. The van der Waals surface area contributed by atoms with Crippen LogP contribution in [0.15, 0.2) is 30.6 Å². The molecule has 0 radical (unpaired) electrons. The molecule has 5 nitrogen and oxygen atoms in total. The van der Waals surface area contributed by atoms with Crippen LogP contribution in [0.25, 0.3) is 11.1 Å². The minimum atomic E-state index is -0.329. The van der Waals surface area contributed by atoms with Crippen LogP contribution >= 0.6 is 0 Å². The molecule has 2 aromatic rings. The lowest BCUT2D eigenvalue weighted by atomic mass is 9.87. The van der Waals surface area contributed by atoms with Gasteiger partial charge >= 0.3 is 0 Å². The van der Waals surface area contributed by atoms with Crippen molar-refractivity contribution in [1.29, 1.82) is 0 Å². The summed E-state index contributed by atoms with van der Waals surface area (Å²) in [6.45, 7) is 1.33. The van der Waals surface area contributed by atoms with E-state index < -0.39 is 0 Å². The maximum atomic E-state index is 14.6. The van der Waals surface area contributed by atoms with Crippen molar-refractivity contribution in [3.63, 3.8) is 0 Å². The van der Waals surface area contributed by atoms with Crippen molar-refractivity contribution in [3.05, 3.63) is 42.0 Å². The lowest BCUT2D eigenvalue weighted by molar-refractivity contribution is -0.136. The number of benzene rings is 1. The molecule has 0 spiro atoms. The van der Waals surface area contributed by atoms with Crippen molar-refractivity contribution in [2.75, 3.05) is 13.1 Å². The van der Waals surface area contributed by atoms with E-state index in [-0.39, 0.29) is 29.7 Å². The van der Waals surface area contributed by atoms with Crippen LogP contribution in [0.2, 0.25) is 0 Å². The number of nitrogens with one attached hydrogen (secondary N) is 1. The number of rotatable bonds is 3. The van der Waals surface area contributed by atoms with Crippen LogP contribution in [0.4, 0.5) is 4.39 Å². The average Bonchev–Trinajstić information content (AvgIpc) is 3.33. The van der Waals surface area contributed by atoms with Gasteiger partial charge in [-0.25, -0.2) is 4.39 Å². The van der Waals surface area contributed by atoms with Crippen molar-refractivity contribution in [3.8, 4) is 11.1 Å². The molecule has 1 aliphatic heterocycles. The number of H-pyrrole nitrogens is 1. The van der Waals surface area contributed by atoms with Crippen LogP contribution in [-0.4, -0.2) is 45.3 Å². The molecule has 6 heteroatoms. The number of hydrogen-bond acceptors (Lipinski definition) is 3. The van der Waals surface area contributed by atoms with Gasteiger partial charge in [-0.2, -0.15) is 5.10 Å². The van der Waals surface area contributed by atoms with Crippen molar-refractivity contribution in [1.82, 2.24) is 15.1 Å². The highest BCUT2D eigenvalue weighted by Crippen LogP contribution is 2.34. The standard InChI is InChI=1S/C20H24FN3O2/c21-19-10-14(16-11-22-23-12-16)2-4-18(19)13-5-7-24(8-6-13)20(26)15-1-3-17(25)9-15/h2,4,10-13,15,17,25H,1,3,5-9H2,(H,22,23). The molecule has 1 aromatic heterocycles. The molecule has 2 heterocycles. The summed E-state index contributed by atoms with van der Waals surface area (Å²) in [5.41, 5.74) is 2.42. The van der Waals surface area contributed by atoms with Crippen LogP contribution in [0.1, 0.15) is 43.6 Å². The number of carbonyl (C=O) groups is 1. The highest BCUT2D eigenvalue weighted by molar-refractivity contribution is 5.79. The summed E-state index contributed by atoms with van der Waals surface area (Å²) in [6, 6.07) is 5.37. The van der Waals surface area contributed by atoms with Gasteiger partial charge in [-0.15, -0.1) is 0 Å². The molecule has 0 bridgehead atoms. The fraction of sp³-hybridized carbons (Fsp3) is 0.500. The number of likely N-dealkylation sites (tertiary alicyclic amines) is 1. The van der Waals surface area contributed by atoms with E-state index in [1.165, 1.54) is 0 Å². The predicted octanol–water partition coefficient (Wildman–Crippen LogP) is 3.08. The Balaban J connectivity index is 1.39. The normalized spacial score (nSPS) is 24.2. The maximum absolute atomic E-state index is 14.6. The van der Waals surface area contributed by atoms with Gasteiger partial charge < -0.3 is 10.0 Å². The van der Waals surface area contributed by atoms with Crippen LogP contribution in [0, 0.1) is 11.7 Å². The maximum Gasteiger partial charge on any atom is 0.225 e. The fourth-order valence-corrected chi connectivity index (χ4v) is 4.30. The van der Waals surface area contributed by atoms with Gasteiger partial charge in [0.2, 0.25) is 5.91 Å². The number of nitrogens with zero attached hydrogens (tertiary/aromatic N) is 2. The van der Waals surface area contributed by atoms with Crippen molar-refractivity contribution < 1.29 is 14.3 Å². The number of hydrogen-bond donors (Lipinski definition) is 2. The minimum Gasteiger partial charge on any atom is -0.393 e. The lowest BCUT2D eigenvalue weighted by Crippen LogP contribution is -2.41. The number of amides is 1. The SMILES string of the molecule is O=C(C1CCC(O)C1)N1CCC(c2ccc(-c3cn[nH]c3)cc2F)CC1. The van der Waals surface area contributed by atoms with E-state index in [4.69, 9.17) is 0 Å². The first-order valence-electron chi connectivity index (χ1n) is 9.37. The average molecular weight is 357 g/mol. The molecule has 2 atom stereocenters.